The molecule has 23 heavy (non-hydrogen) atoms. The second-order valence-corrected chi connectivity index (χ2v) is 6.54. The van der Waals surface area contributed by atoms with Crippen LogP contribution in [0.4, 0.5) is 5.69 Å². The Morgan fingerprint density at radius 1 is 1.04 bits per heavy atom. The lowest BCUT2D eigenvalue weighted by atomic mass is 9.82. The van der Waals surface area contributed by atoms with Crippen LogP contribution in [0.2, 0.25) is 0 Å². The van der Waals surface area contributed by atoms with E-state index in [0.717, 1.165) is 44.5 Å². The van der Waals surface area contributed by atoms with E-state index < -0.39 is 0 Å². The minimum atomic E-state index is -0.0193. The fraction of sp³-hybridized carbons (Fsp3) is 0.350. The lowest BCUT2D eigenvalue weighted by Crippen LogP contribution is -2.26. The largest absolute Gasteiger partial charge is 0.326 e. The van der Waals surface area contributed by atoms with Crippen LogP contribution < -0.4 is 10.6 Å². The highest BCUT2D eigenvalue weighted by molar-refractivity contribution is 5.96. The number of fused-ring (bicyclic) bond motifs is 2. The zero-order valence-electron chi connectivity index (χ0n) is 13.3. The molecule has 2 aliphatic rings. The fourth-order valence-corrected chi connectivity index (χ4v) is 3.81. The fourth-order valence-electron chi connectivity index (χ4n) is 3.81. The standard InChI is InChI=1S/C20H22N2O/c23-20(19-7-3-5-15-4-1-2-6-18(15)19)22-17-9-8-14-10-11-21-13-16(14)12-17/h1-2,4,6,8-9,12,19,21H,3,5,7,10-11,13H2,(H,22,23). The molecule has 0 spiro atoms. The first kappa shape index (κ1) is 14.5. The minimum Gasteiger partial charge on any atom is -0.326 e. The molecule has 0 saturated carbocycles. The predicted molar refractivity (Wildman–Crippen MR) is 92.6 cm³/mol. The van der Waals surface area contributed by atoms with Gasteiger partial charge in [-0.15, -0.1) is 0 Å². The summed E-state index contributed by atoms with van der Waals surface area (Å²) in [4.78, 5) is 12.8. The quantitative estimate of drug-likeness (QED) is 0.893. The Labute approximate surface area is 137 Å². The third-order valence-corrected chi connectivity index (χ3v) is 5.05. The maximum atomic E-state index is 12.8. The number of aryl methyl sites for hydroxylation is 1. The van der Waals surface area contributed by atoms with Gasteiger partial charge in [-0.3, -0.25) is 4.79 Å². The molecule has 3 nitrogen and oxygen atoms in total. The normalized spacial score (nSPS) is 19.6. The molecule has 0 radical (unpaired) electrons. The number of amides is 1. The Kier molecular flexibility index (Phi) is 3.88. The number of carbonyl (C=O) groups excluding carboxylic acids is 1. The van der Waals surface area contributed by atoms with Crippen molar-refractivity contribution in [3.8, 4) is 0 Å². The summed E-state index contributed by atoms with van der Waals surface area (Å²) in [5, 5.41) is 6.52. The molecule has 1 aliphatic heterocycles. The third kappa shape index (κ3) is 2.89. The summed E-state index contributed by atoms with van der Waals surface area (Å²) in [5.41, 5.74) is 6.15. The summed E-state index contributed by atoms with van der Waals surface area (Å²) in [6, 6.07) is 14.7. The molecule has 2 aromatic carbocycles. The van der Waals surface area contributed by atoms with Gasteiger partial charge in [-0.05, 0) is 66.6 Å². The SMILES string of the molecule is O=C(Nc1ccc2c(c1)CNCC2)C1CCCc2ccccc21. The highest BCUT2D eigenvalue weighted by Crippen LogP contribution is 2.32. The van der Waals surface area contributed by atoms with E-state index in [1.165, 1.54) is 22.3 Å². The van der Waals surface area contributed by atoms with Crippen LogP contribution in [0.15, 0.2) is 42.5 Å². The molecule has 0 bridgehead atoms. The van der Waals surface area contributed by atoms with E-state index in [-0.39, 0.29) is 11.8 Å². The predicted octanol–water partition coefficient (Wildman–Crippen LogP) is 3.39. The summed E-state index contributed by atoms with van der Waals surface area (Å²) in [6.45, 7) is 1.93. The van der Waals surface area contributed by atoms with Gasteiger partial charge in [-0.1, -0.05) is 30.3 Å². The van der Waals surface area contributed by atoms with Crippen molar-refractivity contribution in [3.63, 3.8) is 0 Å². The number of hydrogen-bond acceptors (Lipinski definition) is 2. The molecular weight excluding hydrogens is 284 g/mol. The van der Waals surface area contributed by atoms with Gasteiger partial charge in [-0.2, -0.15) is 0 Å². The highest BCUT2D eigenvalue weighted by atomic mass is 16.1. The Morgan fingerprint density at radius 3 is 2.91 bits per heavy atom. The van der Waals surface area contributed by atoms with Crippen molar-refractivity contribution in [3.05, 3.63) is 64.7 Å². The first-order chi connectivity index (χ1) is 11.3. The van der Waals surface area contributed by atoms with Gasteiger partial charge in [0, 0.05) is 12.2 Å². The average Bonchev–Trinajstić information content (AvgIpc) is 2.61. The number of hydrogen-bond donors (Lipinski definition) is 2. The first-order valence-corrected chi connectivity index (χ1v) is 8.52. The smallest absolute Gasteiger partial charge is 0.231 e. The van der Waals surface area contributed by atoms with Crippen LogP contribution in [0, 0.1) is 0 Å². The molecule has 2 N–H and O–H groups in total. The molecule has 0 saturated heterocycles. The summed E-state index contributed by atoms with van der Waals surface area (Å²) >= 11 is 0. The Hall–Kier alpha value is -2.13. The Balaban J connectivity index is 1.55. The van der Waals surface area contributed by atoms with Gasteiger partial charge in [0.1, 0.15) is 0 Å². The van der Waals surface area contributed by atoms with Gasteiger partial charge >= 0.3 is 0 Å². The second-order valence-electron chi connectivity index (χ2n) is 6.54. The van der Waals surface area contributed by atoms with Crippen LogP contribution in [0.3, 0.4) is 0 Å². The van der Waals surface area contributed by atoms with Crippen LogP contribution in [0.1, 0.15) is 41.0 Å². The van der Waals surface area contributed by atoms with Crippen LogP contribution in [-0.2, 0) is 24.2 Å². The molecule has 3 heteroatoms. The van der Waals surface area contributed by atoms with E-state index in [0.29, 0.717) is 0 Å². The maximum absolute atomic E-state index is 12.8. The molecule has 0 fully saturated rings. The van der Waals surface area contributed by atoms with Gasteiger partial charge < -0.3 is 10.6 Å². The molecule has 0 aromatic heterocycles. The molecule has 1 amide bonds. The van der Waals surface area contributed by atoms with Gasteiger partial charge in [0.25, 0.3) is 0 Å². The molecule has 1 atom stereocenters. The number of rotatable bonds is 2. The van der Waals surface area contributed by atoms with Crippen molar-refractivity contribution in [1.82, 2.24) is 5.32 Å². The van der Waals surface area contributed by atoms with Crippen LogP contribution in [0.5, 0.6) is 0 Å². The van der Waals surface area contributed by atoms with E-state index >= 15 is 0 Å². The summed E-state index contributed by atoms with van der Waals surface area (Å²) < 4.78 is 0. The van der Waals surface area contributed by atoms with Crippen molar-refractivity contribution in [1.29, 1.82) is 0 Å². The van der Waals surface area contributed by atoms with Crippen molar-refractivity contribution in [2.45, 2.75) is 38.1 Å². The first-order valence-electron chi connectivity index (χ1n) is 8.52. The van der Waals surface area contributed by atoms with Gasteiger partial charge in [-0.25, -0.2) is 0 Å². The van der Waals surface area contributed by atoms with Gasteiger partial charge in [0.15, 0.2) is 0 Å². The summed E-state index contributed by atoms with van der Waals surface area (Å²) in [5.74, 6) is 0.106. The Morgan fingerprint density at radius 2 is 1.96 bits per heavy atom. The van der Waals surface area contributed by atoms with Crippen LogP contribution >= 0.6 is 0 Å². The minimum absolute atomic E-state index is 0.0193. The van der Waals surface area contributed by atoms with Gasteiger partial charge in [0.2, 0.25) is 5.91 Å². The van der Waals surface area contributed by atoms with Crippen LogP contribution in [-0.4, -0.2) is 12.5 Å². The van der Waals surface area contributed by atoms with E-state index in [1.807, 2.05) is 12.1 Å². The van der Waals surface area contributed by atoms with Crippen molar-refractivity contribution < 1.29 is 4.79 Å². The topological polar surface area (TPSA) is 41.1 Å². The third-order valence-electron chi connectivity index (χ3n) is 5.05. The zero-order valence-corrected chi connectivity index (χ0v) is 13.3. The number of anilines is 1. The van der Waals surface area contributed by atoms with Crippen molar-refractivity contribution in [2.75, 3.05) is 11.9 Å². The average molecular weight is 306 g/mol. The molecule has 1 aliphatic carbocycles. The number of carbonyl (C=O) groups is 1. The molecular formula is C20H22N2O. The second kappa shape index (κ2) is 6.17. The van der Waals surface area contributed by atoms with Gasteiger partial charge in [0.05, 0.1) is 5.92 Å². The maximum Gasteiger partial charge on any atom is 0.231 e. The molecule has 1 heterocycles. The van der Waals surface area contributed by atoms with Crippen LogP contribution in [0.25, 0.3) is 0 Å². The van der Waals surface area contributed by atoms with E-state index in [2.05, 4.69) is 41.0 Å². The summed E-state index contributed by atoms with van der Waals surface area (Å²) in [7, 11) is 0. The van der Waals surface area contributed by atoms with Crippen molar-refractivity contribution in [2.24, 2.45) is 0 Å². The lowest BCUT2D eigenvalue weighted by molar-refractivity contribution is -0.117. The number of nitrogens with one attached hydrogen (secondary N) is 2. The van der Waals surface area contributed by atoms with E-state index in [9.17, 15) is 4.79 Å². The van der Waals surface area contributed by atoms with E-state index in [4.69, 9.17) is 0 Å². The molecule has 2 aromatic rings. The number of benzene rings is 2. The molecule has 1 unspecified atom stereocenters. The Bertz CT molecular complexity index is 738. The molecule has 118 valence electrons. The molecule has 4 rings (SSSR count). The zero-order chi connectivity index (χ0) is 15.6. The highest BCUT2D eigenvalue weighted by Gasteiger charge is 2.26. The van der Waals surface area contributed by atoms with E-state index in [1.54, 1.807) is 0 Å². The summed E-state index contributed by atoms with van der Waals surface area (Å²) in [6.07, 6.45) is 4.18. The lowest BCUT2D eigenvalue weighted by Gasteiger charge is -2.25. The van der Waals surface area contributed by atoms with Crippen molar-refractivity contribution >= 4 is 11.6 Å². The monoisotopic (exact) mass is 306 g/mol.